The minimum absolute atomic E-state index is 0.0409. The van der Waals surface area contributed by atoms with Crippen LogP contribution in [0.2, 0.25) is 0 Å². The summed E-state index contributed by atoms with van der Waals surface area (Å²) in [5, 5.41) is 0. The Balaban J connectivity index is 2.10. The Morgan fingerprint density at radius 3 is 2.83 bits per heavy atom. The van der Waals surface area contributed by atoms with Crippen LogP contribution >= 0.6 is 0 Å². The van der Waals surface area contributed by atoms with Gasteiger partial charge in [0.1, 0.15) is 6.10 Å². The third kappa shape index (κ3) is 1.36. The van der Waals surface area contributed by atoms with Gasteiger partial charge in [-0.1, -0.05) is 19.9 Å². The van der Waals surface area contributed by atoms with Crippen LogP contribution in [0.1, 0.15) is 33.6 Å². The Labute approximate surface area is 107 Å². The highest BCUT2D eigenvalue weighted by Gasteiger charge is 2.52. The van der Waals surface area contributed by atoms with Crippen LogP contribution in [-0.4, -0.2) is 17.9 Å². The molecule has 0 amide bonds. The molecule has 18 heavy (non-hydrogen) atoms. The molecule has 3 aliphatic rings. The summed E-state index contributed by atoms with van der Waals surface area (Å²) in [6.45, 7) is 5.94. The van der Waals surface area contributed by atoms with E-state index in [0.29, 0.717) is 0 Å². The molecule has 4 atom stereocenters. The molecule has 96 valence electrons. The normalized spacial score (nSPS) is 42.7. The minimum atomic E-state index is -0.180. The number of ether oxygens (including phenoxy) is 1. The van der Waals surface area contributed by atoms with Crippen LogP contribution in [0.15, 0.2) is 23.3 Å². The summed E-state index contributed by atoms with van der Waals surface area (Å²) < 4.78 is 5.55. The zero-order chi connectivity index (χ0) is 13.1. The van der Waals surface area contributed by atoms with Crippen LogP contribution in [-0.2, 0) is 14.3 Å². The fourth-order valence-electron chi connectivity index (χ4n) is 3.69. The predicted molar refractivity (Wildman–Crippen MR) is 66.7 cm³/mol. The number of rotatable bonds is 0. The van der Waals surface area contributed by atoms with Crippen LogP contribution in [0, 0.1) is 17.3 Å². The summed E-state index contributed by atoms with van der Waals surface area (Å²) in [6, 6.07) is 0. The van der Waals surface area contributed by atoms with Gasteiger partial charge in [0.05, 0.1) is 5.92 Å². The Hall–Kier alpha value is -1.38. The van der Waals surface area contributed by atoms with Crippen molar-refractivity contribution in [2.75, 3.05) is 0 Å². The first-order valence-electron chi connectivity index (χ1n) is 6.59. The van der Waals surface area contributed by atoms with Crippen molar-refractivity contribution in [2.24, 2.45) is 17.3 Å². The van der Waals surface area contributed by atoms with Gasteiger partial charge in [0.2, 0.25) is 0 Å². The molecule has 1 saturated heterocycles. The standard InChI is InChI=1S/C15H18O3/c1-8-10-4-6-15(3)7-5-11(16)9(2)12(15)13(10)18-14(8)17/h5,7-8,10,13H,4,6H2,1-3H3/t8?,10?,13?,15-/m0/s1. The first-order valence-corrected chi connectivity index (χ1v) is 6.59. The highest BCUT2D eigenvalue weighted by Crippen LogP contribution is 2.52. The summed E-state index contributed by atoms with van der Waals surface area (Å²) in [7, 11) is 0. The zero-order valence-corrected chi connectivity index (χ0v) is 11.0. The molecule has 1 aliphatic heterocycles. The van der Waals surface area contributed by atoms with Crippen molar-refractivity contribution in [3.8, 4) is 0 Å². The van der Waals surface area contributed by atoms with Gasteiger partial charge in [0.15, 0.2) is 5.78 Å². The molecule has 0 aromatic rings. The summed E-state index contributed by atoms with van der Waals surface area (Å²) in [6.07, 6.45) is 5.46. The molecule has 1 saturated carbocycles. The number of hydrogen-bond donors (Lipinski definition) is 0. The average molecular weight is 246 g/mol. The minimum Gasteiger partial charge on any atom is -0.457 e. The van der Waals surface area contributed by atoms with E-state index in [0.717, 1.165) is 24.0 Å². The number of carbonyl (C=O) groups excluding carboxylic acids is 2. The van der Waals surface area contributed by atoms with Gasteiger partial charge in [-0.15, -0.1) is 0 Å². The maximum absolute atomic E-state index is 11.9. The van der Waals surface area contributed by atoms with Crippen LogP contribution in [0.25, 0.3) is 0 Å². The Bertz CT molecular complexity index is 500. The van der Waals surface area contributed by atoms with E-state index in [4.69, 9.17) is 4.74 Å². The lowest BCUT2D eigenvalue weighted by molar-refractivity contribution is -0.143. The van der Waals surface area contributed by atoms with E-state index in [2.05, 4.69) is 6.92 Å². The van der Waals surface area contributed by atoms with E-state index in [1.54, 1.807) is 6.08 Å². The summed E-state index contributed by atoms with van der Waals surface area (Å²) >= 11 is 0. The molecule has 0 N–H and O–H groups in total. The van der Waals surface area contributed by atoms with Crippen LogP contribution in [0.5, 0.6) is 0 Å². The summed E-state index contributed by atoms with van der Waals surface area (Å²) in [4.78, 5) is 23.6. The SMILES string of the molecule is CC1=C2C3OC(=O)C(C)C3CC[C@@]2(C)C=CC1=O. The Kier molecular flexibility index (Phi) is 2.31. The maximum atomic E-state index is 11.9. The Morgan fingerprint density at radius 2 is 2.11 bits per heavy atom. The molecular weight excluding hydrogens is 228 g/mol. The number of carbonyl (C=O) groups is 2. The smallest absolute Gasteiger partial charge is 0.309 e. The van der Waals surface area contributed by atoms with Crippen molar-refractivity contribution in [1.82, 2.24) is 0 Å². The fraction of sp³-hybridized carbons (Fsp3) is 0.600. The molecule has 2 fully saturated rings. The first kappa shape index (κ1) is 11.7. The number of allylic oxidation sites excluding steroid dienone is 3. The molecule has 0 aromatic heterocycles. The number of ketones is 1. The second-order valence-corrected chi connectivity index (χ2v) is 6.00. The second-order valence-electron chi connectivity index (χ2n) is 6.00. The van der Waals surface area contributed by atoms with Gasteiger partial charge in [-0.25, -0.2) is 0 Å². The first-order chi connectivity index (χ1) is 8.44. The number of esters is 1. The molecular formula is C15H18O3. The van der Waals surface area contributed by atoms with E-state index in [9.17, 15) is 9.59 Å². The zero-order valence-electron chi connectivity index (χ0n) is 11.0. The van der Waals surface area contributed by atoms with Gasteiger partial charge in [-0.3, -0.25) is 9.59 Å². The molecule has 3 heteroatoms. The van der Waals surface area contributed by atoms with Gasteiger partial charge in [-0.05, 0) is 31.4 Å². The third-order valence-corrected chi connectivity index (χ3v) is 4.92. The average Bonchev–Trinajstić information content (AvgIpc) is 2.60. The molecule has 3 unspecified atom stereocenters. The summed E-state index contributed by atoms with van der Waals surface area (Å²) in [5.74, 6) is 0.144. The van der Waals surface area contributed by atoms with E-state index < -0.39 is 0 Å². The molecule has 3 rings (SSSR count). The highest BCUT2D eigenvalue weighted by atomic mass is 16.6. The molecule has 2 aliphatic carbocycles. The Morgan fingerprint density at radius 1 is 1.39 bits per heavy atom. The molecule has 3 nitrogen and oxygen atoms in total. The van der Waals surface area contributed by atoms with Gasteiger partial charge in [-0.2, -0.15) is 0 Å². The van der Waals surface area contributed by atoms with Crippen LogP contribution in [0.4, 0.5) is 0 Å². The molecule has 0 aromatic carbocycles. The predicted octanol–water partition coefficient (Wildman–Crippen LogP) is 2.42. The lowest BCUT2D eigenvalue weighted by Gasteiger charge is -2.42. The topological polar surface area (TPSA) is 43.4 Å². The number of hydrogen-bond acceptors (Lipinski definition) is 3. The van der Waals surface area contributed by atoms with E-state index in [1.807, 2.05) is 19.9 Å². The fourth-order valence-corrected chi connectivity index (χ4v) is 3.69. The van der Waals surface area contributed by atoms with Gasteiger partial charge in [0, 0.05) is 16.9 Å². The monoisotopic (exact) mass is 246 g/mol. The van der Waals surface area contributed by atoms with Gasteiger partial charge < -0.3 is 4.74 Å². The maximum Gasteiger partial charge on any atom is 0.309 e. The van der Waals surface area contributed by atoms with Crippen molar-refractivity contribution < 1.29 is 14.3 Å². The lowest BCUT2D eigenvalue weighted by atomic mass is 9.62. The van der Waals surface area contributed by atoms with E-state index in [-0.39, 0.29) is 35.1 Å². The van der Waals surface area contributed by atoms with Gasteiger partial charge >= 0.3 is 5.97 Å². The second kappa shape index (κ2) is 3.56. The summed E-state index contributed by atoms with van der Waals surface area (Å²) in [5.41, 5.74) is 1.71. The van der Waals surface area contributed by atoms with Crippen molar-refractivity contribution in [1.29, 1.82) is 0 Å². The highest BCUT2D eigenvalue weighted by molar-refractivity contribution is 6.05. The quantitative estimate of drug-likeness (QED) is 0.616. The van der Waals surface area contributed by atoms with E-state index in [1.165, 1.54) is 0 Å². The third-order valence-electron chi connectivity index (χ3n) is 4.92. The van der Waals surface area contributed by atoms with Crippen LogP contribution < -0.4 is 0 Å². The van der Waals surface area contributed by atoms with Gasteiger partial charge in [0.25, 0.3) is 0 Å². The van der Waals surface area contributed by atoms with Crippen molar-refractivity contribution in [3.05, 3.63) is 23.3 Å². The molecule has 0 bridgehead atoms. The molecule has 1 heterocycles. The van der Waals surface area contributed by atoms with Crippen molar-refractivity contribution >= 4 is 11.8 Å². The van der Waals surface area contributed by atoms with Crippen molar-refractivity contribution in [2.45, 2.75) is 39.7 Å². The lowest BCUT2D eigenvalue weighted by Crippen LogP contribution is -2.39. The molecule has 0 radical (unpaired) electrons. The number of fused-ring (bicyclic) bond motifs is 3. The van der Waals surface area contributed by atoms with Crippen molar-refractivity contribution in [3.63, 3.8) is 0 Å². The largest absolute Gasteiger partial charge is 0.457 e. The van der Waals surface area contributed by atoms with Crippen LogP contribution in [0.3, 0.4) is 0 Å². The molecule has 0 spiro atoms. The van der Waals surface area contributed by atoms with E-state index >= 15 is 0 Å².